The van der Waals surface area contributed by atoms with E-state index in [1.54, 1.807) is 44.5 Å². The van der Waals surface area contributed by atoms with Crippen LogP contribution < -0.4 is 15.5 Å². The smallest absolute Gasteiger partial charge is 0.280 e. The van der Waals surface area contributed by atoms with Crippen LogP contribution in [0.2, 0.25) is 0 Å². The fourth-order valence-electron chi connectivity index (χ4n) is 2.53. The Labute approximate surface area is 138 Å². The lowest BCUT2D eigenvalue weighted by Gasteiger charge is -2.09. The number of methoxy groups -OCH3 is 1. The largest absolute Gasteiger partial charge is 0.497 e. The molecule has 0 bridgehead atoms. The molecule has 1 amide bonds. The van der Waals surface area contributed by atoms with E-state index in [9.17, 15) is 9.59 Å². The summed E-state index contributed by atoms with van der Waals surface area (Å²) in [5.74, 6) is 0.0649. The SMILES string of the molecule is COc1cccc(NC(=O)c2nn(C)c3ccc(C)cc3c2=O)c1. The molecule has 0 saturated carbocycles. The summed E-state index contributed by atoms with van der Waals surface area (Å²) in [7, 11) is 3.25. The minimum Gasteiger partial charge on any atom is -0.497 e. The van der Waals surface area contributed by atoms with Crippen molar-refractivity contribution >= 4 is 22.5 Å². The number of aryl methyl sites for hydroxylation is 2. The lowest BCUT2D eigenvalue weighted by Crippen LogP contribution is -2.26. The van der Waals surface area contributed by atoms with Gasteiger partial charge in [0.1, 0.15) is 5.75 Å². The molecule has 0 atom stereocenters. The zero-order chi connectivity index (χ0) is 17.3. The zero-order valence-corrected chi connectivity index (χ0v) is 13.7. The highest BCUT2D eigenvalue weighted by Crippen LogP contribution is 2.17. The molecule has 0 radical (unpaired) electrons. The first kappa shape index (κ1) is 15.7. The van der Waals surface area contributed by atoms with E-state index in [0.29, 0.717) is 22.3 Å². The first-order valence-corrected chi connectivity index (χ1v) is 7.42. The highest BCUT2D eigenvalue weighted by atomic mass is 16.5. The number of nitrogens with zero attached hydrogens (tertiary/aromatic N) is 2. The van der Waals surface area contributed by atoms with Gasteiger partial charge in [-0.15, -0.1) is 0 Å². The average molecular weight is 323 g/mol. The van der Waals surface area contributed by atoms with E-state index in [0.717, 1.165) is 5.56 Å². The Morgan fingerprint density at radius 3 is 2.75 bits per heavy atom. The van der Waals surface area contributed by atoms with E-state index < -0.39 is 5.91 Å². The molecular weight excluding hydrogens is 306 g/mol. The number of hydrogen-bond acceptors (Lipinski definition) is 4. The van der Waals surface area contributed by atoms with Gasteiger partial charge in [-0.1, -0.05) is 17.7 Å². The molecule has 1 N–H and O–H groups in total. The molecule has 1 heterocycles. The van der Waals surface area contributed by atoms with Gasteiger partial charge < -0.3 is 10.1 Å². The minimum atomic E-state index is -0.549. The van der Waals surface area contributed by atoms with Gasteiger partial charge in [0.05, 0.1) is 18.0 Å². The Kier molecular flexibility index (Phi) is 4.04. The number of fused-ring (bicyclic) bond motifs is 1. The molecule has 3 rings (SSSR count). The highest BCUT2D eigenvalue weighted by molar-refractivity contribution is 6.04. The maximum absolute atomic E-state index is 12.6. The molecule has 2 aromatic carbocycles. The lowest BCUT2D eigenvalue weighted by atomic mass is 10.1. The number of rotatable bonds is 3. The van der Waals surface area contributed by atoms with Crippen LogP contribution in [-0.2, 0) is 7.05 Å². The lowest BCUT2D eigenvalue weighted by molar-refractivity contribution is 0.101. The van der Waals surface area contributed by atoms with Crippen LogP contribution in [0.15, 0.2) is 47.3 Å². The van der Waals surface area contributed by atoms with E-state index in [4.69, 9.17) is 4.74 Å². The van der Waals surface area contributed by atoms with Crippen LogP contribution in [0.5, 0.6) is 5.75 Å². The van der Waals surface area contributed by atoms with Gasteiger partial charge in [0.25, 0.3) is 5.91 Å². The van der Waals surface area contributed by atoms with Crippen molar-refractivity contribution in [2.75, 3.05) is 12.4 Å². The number of carbonyl (C=O) groups is 1. The summed E-state index contributed by atoms with van der Waals surface area (Å²) in [6.07, 6.45) is 0. The molecule has 0 fully saturated rings. The van der Waals surface area contributed by atoms with Crippen LogP contribution in [0, 0.1) is 6.92 Å². The summed E-state index contributed by atoms with van der Waals surface area (Å²) in [6, 6.07) is 12.4. The third kappa shape index (κ3) is 2.86. The van der Waals surface area contributed by atoms with Crippen molar-refractivity contribution in [3.8, 4) is 5.75 Å². The Morgan fingerprint density at radius 2 is 2.00 bits per heavy atom. The Morgan fingerprint density at radius 1 is 1.21 bits per heavy atom. The van der Waals surface area contributed by atoms with Gasteiger partial charge in [-0.05, 0) is 31.2 Å². The second-order valence-corrected chi connectivity index (χ2v) is 5.51. The Balaban J connectivity index is 2.03. The van der Waals surface area contributed by atoms with Crippen LogP contribution in [0.25, 0.3) is 10.9 Å². The molecule has 0 spiro atoms. The number of anilines is 1. The topological polar surface area (TPSA) is 73.2 Å². The van der Waals surface area contributed by atoms with E-state index in [2.05, 4.69) is 10.4 Å². The molecular formula is C18H17N3O3. The van der Waals surface area contributed by atoms with Crippen molar-refractivity contribution in [2.24, 2.45) is 7.05 Å². The highest BCUT2D eigenvalue weighted by Gasteiger charge is 2.17. The second-order valence-electron chi connectivity index (χ2n) is 5.51. The standard InChI is InChI=1S/C18H17N3O3/c1-11-7-8-15-14(9-11)17(22)16(20-21(15)2)18(23)19-12-5-4-6-13(10-12)24-3/h4-10H,1-3H3,(H,19,23). The van der Waals surface area contributed by atoms with Crippen molar-refractivity contribution in [1.82, 2.24) is 9.78 Å². The first-order chi connectivity index (χ1) is 11.5. The van der Waals surface area contributed by atoms with E-state index in [1.165, 1.54) is 4.68 Å². The van der Waals surface area contributed by atoms with Crippen molar-refractivity contribution in [3.63, 3.8) is 0 Å². The van der Waals surface area contributed by atoms with Crippen LogP contribution in [0.3, 0.4) is 0 Å². The summed E-state index contributed by atoms with van der Waals surface area (Å²) in [6.45, 7) is 1.90. The summed E-state index contributed by atoms with van der Waals surface area (Å²) in [4.78, 5) is 25.1. The third-order valence-corrected chi connectivity index (χ3v) is 3.75. The minimum absolute atomic E-state index is 0.140. The monoisotopic (exact) mass is 323 g/mol. The molecule has 24 heavy (non-hydrogen) atoms. The maximum Gasteiger partial charge on any atom is 0.280 e. The molecule has 6 nitrogen and oxygen atoms in total. The molecule has 1 aromatic heterocycles. The Bertz CT molecular complexity index is 992. The van der Waals surface area contributed by atoms with Gasteiger partial charge >= 0.3 is 0 Å². The molecule has 3 aromatic rings. The summed E-state index contributed by atoms with van der Waals surface area (Å²) >= 11 is 0. The van der Waals surface area contributed by atoms with Crippen molar-refractivity contribution < 1.29 is 9.53 Å². The number of nitrogens with one attached hydrogen (secondary N) is 1. The number of ether oxygens (including phenoxy) is 1. The predicted molar refractivity (Wildman–Crippen MR) is 92.7 cm³/mol. The van der Waals surface area contributed by atoms with E-state index >= 15 is 0 Å². The number of benzene rings is 2. The van der Waals surface area contributed by atoms with Crippen LogP contribution in [0.1, 0.15) is 16.1 Å². The maximum atomic E-state index is 12.6. The predicted octanol–water partition coefficient (Wildman–Crippen LogP) is 2.50. The molecule has 0 saturated heterocycles. The fourth-order valence-corrected chi connectivity index (χ4v) is 2.53. The Hall–Kier alpha value is -3.15. The van der Waals surface area contributed by atoms with Gasteiger partial charge in [-0.3, -0.25) is 14.3 Å². The molecule has 6 heteroatoms. The normalized spacial score (nSPS) is 10.6. The molecule has 122 valence electrons. The molecule has 0 aliphatic carbocycles. The molecule has 0 aliphatic heterocycles. The van der Waals surface area contributed by atoms with Gasteiger partial charge in [-0.25, -0.2) is 0 Å². The summed E-state index contributed by atoms with van der Waals surface area (Å²) in [5, 5.41) is 7.29. The number of hydrogen-bond donors (Lipinski definition) is 1. The summed E-state index contributed by atoms with van der Waals surface area (Å²) < 4.78 is 6.66. The number of aromatic nitrogens is 2. The fraction of sp³-hybridized carbons (Fsp3) is 0.167. The van der Waals surface area contributed by atoms with E-state index in [1.807, 2.05) is 19.1 Å². The second kappa shape index (κ2) is 6.16. The van der Waals surface area contributed by atoms with Crippen molar-refractivity contribution in [2.45, 2.75) is 6.92 Å². The van der Waals surface area contributed by atoms with Gasteiger partial charge in [0.15, 0.2) is 5.69 Å². The average Bonchev–Trinajstić information content (AvgIpc) is 2.58. The first-order valence-electron chi connectivity index (χ1n) is 7.42. The van der Waals surface area contributed by atoms with Crippen LogP contribution >= 0.6 is 0 Å². The van der Waals surface area contributed by atoms with Crippen LogP contribution in [0.4, 0.5) is 5.69 Å². The third-order valence-electron chi connectivity index (χ3n) is 3.75. The molecule has 0 unspecified atom stereocenters. The number of amides is 1. The quantitative estimate of drug-likeness (QED) is 0.804. The van der Waals surface area contributed by atoms with Crippen molar-refractivity contribution in [3.05, 3.63) is 63.9 Å². The summed E-state index contributed by atoms with van der Waals surface area (Å²) in [5.41, 5.74) is 1.65. The molecule has 0 aliphatic rings. The van der Waals surface area contributed by atoms with E-state index in [-0.39, 0.29) is 11.1 Å². The zero-order valence-electron chi connectivity index (χ0n) is 13.7. The van der Waals surface area contributed by atoms with Crippen LogP contribution in [-0.4, -0.2) is 22.8 Å². The van der Waals surface area contributed by atoms with Gasteiger partial charge in [-0.2, -0.15) is 5.10 Å². The number of carbonyl (C=O) groups excluding carboxylic acids is 1. The van der Waals surface area contributed by atoms with Crippen molar-refractivity contribution in [1.29, 1.82) is 0 Å². The van der Waals surface area contributed by atoms with Gasteiger partial charge in [0, 0.05) is 18.8 Å². The van der Waals surface area contributed by atoms with Gasteiger partial charge in [0.2, 0.25) is 5.43 Å².